The molecule has 1 amide bonds. The van der Waals surface area contributed by atoms with E-state index in [1.54, 1.807) is 6.08 Å². The van der Waals surface area contributed by atoms with Crippen molar-refractivity contribution in [1.82, 2.24) is 10.3 Å². The average Bonchev–Trinajstić information content (AvgIpc) is 2.80. The number of unbranched alkanes of at least 4 members (excludes halogenated alkanes) is 4. The molecule has 2 rings (SSSR count). The zero-order valence-corrected chi connectivity index (χ0v) is 21.2. The van der Waals surface area contributed by atoms with Crippen molar-refractivity contribution in [2.24, 2.45) is 0 Å². The molecule has 0 aliphatic rings. The third kappa shape index (κ3) is 11.3. The van der Waals surface area contributed by atoms with Gasteiger partial charge in [0.1, 0.15) is 5.60 Å². The molecule has 0 atom stereocenters. The van der Waals surface area contributed by atoms with Crippen molar-refractivity contribution in [2.45, 2.75) is 84.7 Å². The average molecular weight is 465 g/mol. The molecule has 1 N–H and O–H groups in total. The molecule has 184 valence electrons. The third-order valence-electron chi connectivity index (χ3n) is 5.30. The van der Waals surface area contributed by atoms with Gasteiger partial charge in [0.25, 0.3) is 0 Å². The SMILES string of the molecule is CCCCCc1ccc(-c2ccc(C=CC(=O)NCCCCCC(=O)OC(C)(C)C)cc2)nc1. The maximum absolute atomic E-state index is 12.0. The highest BCUT2D eigenvalue weighted by Gasteiger charge is 2.15. The van der Waals surface area contributed by atoms with Gasteiger partial charge >= 0.3 is 5.97 Å². The molecule has 0 saturated carbocycles. The first kappa shape index (κ1) is 27.3. The summed E-state index contributed by atoms with van der Waals surface area (Å²) in [6.45, 7) is 8.41. The minimum Gasteiger partial charge on any atom is -0.460 e. The Kier molecular flexibility index (Phi) is 11.5. The molecule has 0 saturated heterocycles. The van der Waals surface area contributed by atoms with E-state index in [0.717, 1.165) is 42.5 Å². The fraction of sp³-hybridized carbons (Fsp3) is 0.483. The molecular weight excluding hydrogens is 424 g/mol. The molecule has 0 unspecified atom stereocenters. The van der Waals surface area contributed by atoms with Crippen LogP contribution < -0.4 is 5.32 Å². The summed E-state index contributed by atoms with van der Waals surface area (Å²) in [5.74, 6) is -0.280. The topological polar surface area (TPSA) is 68.3 Å². The van der Waals surface area contributed by atoms with Crippen molar-refractivity contribution in [1.29, 1.82) is 0 Å². The number of esters is 1. The number of aryl methyl sites for hydroxylation is 1. The number of benzene rings is 1. The van der Waals surface area contributed by atoms with E-state index < -0.39 is 5.60 Å². The second kappa shape index (κ2) is 14.3. The first-order chi connectivity index (χ1) is 16.3. The molecule has 0 fully saturated rings. The van der Waals surface area contributed by atoms with Crippen molar-refractivity contribution in [3.63, 3.8) is 0 Å². The standard InChI is InChI=1S/C29H40N2O3/c1-5-6-8-11-24-15-19-26(31-22-24)25-17-13-23(14-18-25)16-20-27(32)30-21-10-7-9-12-28(33)34-29(2,3)4/h13-20,22H,5-12,21H2,1-4H3,(H,30,32). The van der Waals surface area contributed by atoms with Crippen molar-refractivity contribution < 1.29 is 14.3 Å². The highest BCUT2D eigenvalue weighted by molar-refractivity contribution is 5.91. The van der Waals surface area contributed by atoms with E-state index in [-0.39, 0.29) is 11.9 Å². The molecule has 5 heteroatoms. The van der Waals surface area contributed by atoms with Gasteiger partial charge in [-0.1, -0.05) is 56.5 Å². The second-order valence-corrected chi connectivity index (χ2v) is 9.65. The molecule has 0 aliphatic heterocycles. The van der Waals surface area contributed by atoms with Gasteiger partial charge in [0.2, 0.25) is 5.91 Å². The first-order valence-corrected chi connectivity index (χ1v) is 12.5. The molecule has 0 spiro atoms. The van der Waals surface area contributed by atoms with Crippen LogP contribution in [0.4, 0.5) is 0 Å². The fourth-order valence-electron chi connectivity index (χ4n) is 3.49. The van der Waals surface area contributed by atoms with E-state index in [2.05, 4.69) is 29.4 Å². The number of ether oxygens (including phenoxy) is 1. The van der Waals surface area contributed by atoms with Crippen LogP contribution in [-0.2, 0) is 20.7 Å². The van der Waals surface area contributed by atoms with E-state index >= 15 is 0 Å². The summed E-state index contributed by atoms with van der Waals surface area (Å²) in [6, 6.07) is 12.3. The maximum Gasteiger partial charge on any atom is 0.306 e. The molecule has 2 aromatic rings. The fourth-order valence-corrected chi connectivity index (χ4v) is 3.49. The van der Waals surface area contributed by atoms with Crippen LogP contribution in [0.5, 0.6) is 0 Å². The van der Waals surface area contributed by atoms with E-state index in [0.29, 0.717) is 13.0 Å². The summed E-state index contributed by atoms with van der Waals surface area (Å²) < 4.78 is 5.29. The first-order valence-electron chi connectivity index (χ1n) is 12.5. The van der Waals surface area contributed by atoms with E-state index in [1.165, 1.54) is 24.8 Å². The number of carbonyl (C=O) groups excluding carboxylic acids is 2. The number of pyridine rings is 1. The highest BCUT2D eigenvalue weighted by Crippen LogP contribution is 2.19. The lowest BCUT2D eigenvalue weighted by Crippen LogP contribution is -2.24. The number of rotatable bonds is 13. The summed E-state index contributed by atoms with van der Waals surface area (Å²) in [5.41, 5.74) is 3.83. The Labute approximate surface area is 205 Å². The monoisotopic (exact) mass is 464 g/mol. The number of hydrogen-bond donors (Lipinski definition) is 1. The number of nitrogens with zero attached hydrogens (tertiary/aromatic N) is 1. The smallest absolute Gasteiger partial charge is 0.306 e. The number of hydrogen-bond acceptors (Lipinski definition) is 4. The molecule has 1 aromatic heterocycles. The highest BCUT2D eigenvalue weighted by atomic mass is 16.6. The van der Waals surface area contributed by atoms with Gasteiger partial charge in [0.15, 0.2) is 0 Å². The van der Waals surface area contributed by atoms with Crippen LogP contribution in [0.1, 0.15) is 83.8 Å². The summed E-state index contributed by atoms with van der Waals surface area (Å²) in [7, 11) is 0. The third-order valence-corrected chi connectivity index (χ3v) is 5.30. The molecule has 0 aliphatic carbocycles. The van der Waals surface area contributed by atoms with Crippen molar-refractivity contribution >= 4 is 18.0 Å². The number of carbonyl (C=O) groups is 2. The molecule has 34 heavy (non-hydrogen) atoms. The van der Waals surface area contributed by atoms with Crippen molar-refractivity contribution in [3.8, 4) is 11.3 Å². The van der Waals surface area contributed by atoms with Crippen LogP contribution in [0.2, 0.25) is 0 Å². The van der Waals surface area contributed by atoms with Gasteiger partial charge < -0.3 is 10.1 Å². The van der Waals surface area contributed by atoms with Crippen molar-refractivity contribution in [2.75, 3.05) is 6.54 Å². The molecule has 0 bridgehead atoms. The quantitative estimate of drug-likeness (QED) is 0.208. The van der Waals surface area contributed by atoms with Crippen LogP contribution in [0, 0.1) is 0 Å². The lowest BCUT2D eigenvalue weighted by Gasteiger charge is -2.19. The summed E-state index contributed by atoms with van der Waals surface area (Å²) in [4.78, 5) is 28.3. The molecule has 1 aromatic carbocycles. The predicted molar refractivity (Wildman–Crippen MR) is 139 cm³/mol. The van der Waals surface area contributed by atoms with Gasteiger partial charge in [-0.05, 0) is 69.7 Å². The largest absolute Gasteiger partial charge is 0.460 e. The lowest BCUT2D eigenvalue weighted by atomic mass is 10.1. The van der Waals surface area contributed by atoms with E-state index in [4.69, 9.17) is 4.74 Å². The van der Waals surface area contributed by atoms with Crippen LogP contribution in [0.25, 0.3) is 17.3 Å². The van der Waals surface area contributed by atoms with Gasteiger partial charge in [-0.2, -0.15) is 0 Å². The van der Waals surface area contributed by atoms with Gasteiger partial charge in [0, 0.05) is 30.8 Å². The Bertz CT molecular complexity index is 910. The van der Waals surface area contributed by atoms with Gasteiger partial charge in [-0.15, -0.1) is 0 Å². The molecule has 0 radical (unpaired) electrons. The summed E-state index contributed by atoms with van der Waals surface area (Å²) >= 11 is 0. The Hall–Kier alpha value is -2.95. The van der Waals surface area contributed by atoms with Crippen LogP contribution in [0.3, 0.4) is 0 Å². The molecule has 1 heterocycles. The Morgan fingerprint density at radius 2 is 1.74 bits per heavy atom. The van der Waals surface area contributed by atoms with E-state index in [1.807, 2.05) is 57.3 Å². The number of nitrogens with one attached hydrogen (secondary N) is 1. The van der Waals surface area contributed by atoms with E-state index in [9.17, 15) is 9.59 Å². The minimum absolute atomic E-state index is 0.114. The van der Waals surface area contributed by atoms with Gasteiger partial charge in [0.05, 0.1) is 5.69 Å². The van der Waals surface area contributed by atoms with Gasteiger partial charge in [-0.3, -0.25) is 14.6 Å². The second-order valence-electron chi connectivity index (χ2n) is 9.65. The lowest BCUT2D eigenvalue weighted by molar-refractivity contribution is -0.154. The van der Waals surface area contributed by atoms with Crippen LogP contribution in [0.15, 0.2) is 48.7 Å². The zero-order valence-electron chi connectivity index (χ0n) is 21.2. The zero-order chi connectivity index (χ0) is 24.8. The Morgan fingerprint density at radius 1 is 0.971 bits per heavy atom. The normalized spacial score (nSPS) is 11.5. The van der Waals surface area contributed by atoms with Crippen molar-refractivity contribution in [3.05, 3.63) is 59.8 Å². The Balaban J connectivity index is 1.68. The molecular formula is C29H40N2O3. The number of amides is 1. The van der Waals surface area contributed by atoms with Crippen LogP contribution in [-0.4, -0.2) is 29.0 Å². The summed E-state index contributed by atoms with van der Waals surface area (Å²) in [6.07, 6.45) is 13.0. The minimum atomic E-state index is -0.437. The maximum atomic E-state index is 12.0. The van der Waals surface area contributed by atoms with Gasteiger partial charge in [-0.25, -0.2) is 0 Å². The predicted octanol–water partition coefficient (Wildman–Crippen LogP) is 6.51. The van der Waals surface area contributed by atoms with Crippen LogP contribution >= 0.6 is 0 Å². The molecule has 5 nitrogen and oxygen atoms in total. The summed E-state index contributed by atoms with van der Waals surface area (Å²) in [5, 5.41) is 2.89. The Morgan fingerprint density at radius 3 is 2.38 bits per heavy atom. The number of aromatic nitrogens is 1.